The molecule has 0 aromatic heterocycles. The molecule has 1 saturated carbocycles. The Kier molecular flexibility index (Phi) is 7.37. The molecule has 1 heterocycles. The van der Waals surface area contributed by atoms with Gasteiger partial charge >= 0.3 is 18.4 Å². The monoisotopic (exact) mass is 546 g/mol. The predicted molar refractivity (Wildman–Crippen MR) is 122 cm³/mol. The highest BCUT2D eigenvalue weighted by molar-refractivity contribution is 5.81. The highest BCUT2D eigenvalue weighted by Crippen LogP contribution is 2.40. The molecule has 2 fully saturated rings. The highest BCUT2D eigenvalue weighted by Gasteiger charge is 2.43. The number of aryl methyl sites for hydroxylation is 1. The van der Waals surface area contributed by atoms with Crippen molar-refractivity contribution in [3.05, 3.63) is 70.0 Å². The van der Waals surface area contributed by atoms with Crippen LogP contribution in [0.3, 0.4) is 0 Å². The van der Waals surface area contributed by atoms with Gasteiger partial charge in [0, 0.05) is 37.5 Å². The lowest BCUT2D eigenvalue weighted by Gasteiger charge is -2.39. The lowest BCUT2D eigenvalue weighted by Crippen LogP contribution is -2.48. The van der Waals surface area contributed by atoms with E-state index in [1.165, 1.54) is 23.1 Å². The number of amides is 2. The summed E-state index contributed by atoms with van der Waals surface area (Å²) in [4.78, 5) is 27.9. The highest BCUT2D eigenvalue weighted by atomic mass is 19.4. The van der Waals surface area contributed by atoms with Gasteiger partial charge in [0.2, 0.25) is 5.91 Å². The van der Waals surface area contributed by atoms with Crippen molar-refractivity contribution in [3.8, 4) is 0 Å². The van der Waals surface area contributed by atoms with Gasteiger partial charge in [0.15, 0.2) is 0 Å². The van der Waals surface area contributed by atoms with E-state index in [0.717, 1.165) is 4.90 Å². The summed E-state index contributed by atoms with van der Waals surface area (Å²) in [5.41, 5.74) is -2.15. The summed E-state index contributed by atoms with van der Waals surface area (Å²) < 4.78 is 94.0. The van der Waals surface area contributed by atoms with E-state index < -0.39 is 59.7 Å². The molecule has 1 aliphatic heterocycles. The van der Waals surface area contributed by atoms with E-state index in [-0.39, 0.29) is 37.2 Å². The van der Waals surface area contributed by atoms with E-state index in [0.29, 0.717) is 36.1 Å². The summed E-state index contributed by atoms with van der Waals surface area (Å²) in [7, 11) is 0. The first kappa shape index (κ1) is 27.7. The van der Waals surface area contributed by atoms with Crippen LogP contribution in [-0.2, 0) is 23.7 Å². The number of alkyl halides is 6. The van der Waals surface area contributed by atoms with Gasteiger partial charge in [-0.3, -0.25) is 4.79 Å². The van der Waals surface area contributed by atoms with Gasteiger partial charge in [-0.15, -0.1) is 0 Å². The molecule has 38 heavy (non-hydrogen) atoms. The fourth-order valence-electron chi connectivity index (χ4n) is 5.09. The molecule has 2 aromatic rings. The number of hydrogen-bond acceptors (Lipinski definition) is 2. The maximum atomic E-state index is 13.8. The fourth-order valence-corrected chi connectivity index (χ4v) is 5.09. The van der Waals surface area contributed by atoms with Gasteiger partial charge in [0.05, 0.1) is 11.1 Å². The maximum absolute atomic E-state index is 13.8. The van der Waals surface area contributed by atoms with Crippen LogP contribution in [0.5, 0.6) is 0 Å². The van der Waals surface area contributed by atoms with Gasteiger partial charge in [-0.25, -0.2) is 9.18 Å². The number of rotatable bonds is 5. The van der Waals surface area contributed by atoms with Crippen molar-refractivity contribution in [3.63, 3.8) is 0 Å². The van der Waals surface area contributed by atoms with Crippen molar-refractivity contribution in [2.24, 2.45) is 5.92 Å². The summed E-state index contributed by atoms with van der Waals surface area (Å²) in [6.07, 6.45) is -10.0. The smallest absolute Gasteiger partial charge is 0.416 e. The molecule has 2 unspecified atom stereocenters. The van der Waals surface area contributed by atoms with Crippen LogP contribution in [0.15, 0.2) is 36.4 Å². The van der Waals surface area contributed by atoms with Gasteiger partial charge in [0.1, 0.15) is 5.82 Å². The van der Waals surface area contributed by atoms with Crippen LogP contribution in [0.25, 0.3) is 0 Å². The third-order valence-corrected chi connectivity index (χ3v) is 7.10. The van der Waals surface area contributed by atoms with Crippen LogP contribution in [0.1, 0.15) is 53.0 Å². The third kappa shape index (κ3) is 6.05. The first-order chi connectivity index (χ1) is 17.6. The van der Waals surface area contributed by atoms with Crippen LogP contribution in [0.2, 0.25) is 0 Å². The van der Waals surface area contributed by atoms with Crippen LogP contribution in [-0.4, -0.2) is 46.0 Å². The predicted octanol–water partition coefficient (Wildman–Crippen LogP) is 6.45. The van der Waals surface area contributed by atoms with E-state index in [2.05, 4.69) is 0 Å². The number of halogens is 7. The van der Waals surface area contributed by atoms with Crippen molar-refractivity contribution in [1.29, 1.82) is 0 Å². The van der Waals surface area contributed by atoms with E-state index in [1.54, 1.807) is 6.92 Å². The first-order valence-electron chi connectivity index (χ1n) is 12.0. The number of likely N-dealkylation sites (tertiary alicyclic amines) is 1. The Morgan fingerprint density at radius 2 is 1.58 bits per heavy atom. The van der Waals surface area contributed by atoms with Crippen LogP contribution >= 0.6 is 0 Å². The number of nitrogens with zero attached hydrogens (tertiary/aromatic N) is 2. The molecule has 206 valence electrons. The number of hydrogen-bond donors (Lipinski definition) is 1. The molecule has 0 radical (unpaired) electrons. The largest absolute Gasteiger partial charge is 0.465 e. The molecule has 4 rings (SSSR count). The molecular formula is C26H25F7N2O3. The van der Waals surface area contributed by atoms with Crippen molar-refractivity contribution in [1.82, 2.24) is 9.80 Å². The second-order valence-electron chi connectivity index (χ2n) is 9.84. The summed E-state index contributed by atoms with van der Waals surface area (Å²) in [6.45, 7) is 1.14. The van der Waals surface area contributed by atoms with Crippen LogP contribution < -0.4 is 0 Å². The normalized spacial score (nSPS) is 20.4. The van der Waals surface area contributed by atoms with E-state index >= 15 is 0 Å². The van der Waals surface area contributed by atoms with E-state index in [4.69, 9.17) is 0 Å². The summed E-state index contributed by atoms with van der Waals surface area (Å²) in [5, 5.41) is 9.51. The Bertz CT molecular complexity index is 1190. The number of piperidine rings is 1. The summed E-state index contributed by atoms with van der Waals surface area (Å²) >= 11 is 0. The second kappa shape index (κ2) is 10.1. The van der Waals surface area contributed by atoms with Gasteiger partial charge < -0.3 is 14.9 Å². The molecule has 2 atom stereocenters. The molecule has 1 aliphatic carbocycles. The maximum Gasteiger partial charge on any atom is 0.416 e. The average molecular weight is 546 g/mol. The molecule has 1 N–H and O–H groups in total. The lowest BCUT2D eigenvalue weighted by atomic mass is 9.78. The van der Waals surface area contributed by atoms with E-state index in [9.17, 15) is 45.4 Å². The SMILES string of the molecule is Cc1cc(F)ccc1C1CN(C(=O)O)CCC1C(=O)N(Cc1cc(C(F)(F)F)cc(C(F)(F)F)c1)C1CC1. The minimum atomic E-state index is -5.01. The van der Waals surface area contributed by atoms with Crippen LogP contribution in [0, 0.1) is 18.7 Å². The Hall–Kier alpha value is -3.31. The molecule has 12 heteroatoms. The summed E-state index contributed by atoms with van der Waals surface area (Å²) in [6, 6.07) is 4.87. The molecule has 2 amide bonds. The van der Waals surface area contributed by atoms with Crippen molar-refractivity contribution in [2.75, 3.05) is 13.1 Å². The fraction of sp³-hybridized carbons (Fsp3) is 0.462. The minimum absolute atomic E-state index is 0.0305. The standard InChI is InChI=1S/C26H25F7N2O3/c1-14-8-18(27)2-5-20(14)22-13-34(24(37)38)7-6-21(22)23(36)35(19-3-4-19)12-15-9-16(25(28,29)30)11-17(10-15)26(31,32)33/h2,5,8-11,19,21-22H,3-4,6-7,12-13H2,1H3,(H,37,38). The minimum Gasteiger partial charge on any atom is -0.465 e. The Morgan fingerprint density at radius 1 is 0.974 bits per heavy atom. The van der Waals surface area contributed by atoms with Gasteiger partial charge in [-0.2, -0.15) is 26.3 Å². The number of carbonyl (C=O) groups is 2. The molecular weight excluding hydrogens is 521 g/mol. The summed E-state index contributed by atoms with van der Waals surface area (Å²) in [5.74, 6) is -2.44. The number of carboxylic acid groups (broad SMARTS) is 1. The molecule has 0 spiro atoms. The zero-order valence-electron chi connectivity index (χ0n) is 20.2. The van der Waals surface area contributed by atoms with Crippen LogP contribution in [0.4, 0.5) is 35.5 Å². The molecule has 5 nitrogen and oxygen atoms in total. The zero-order chi connectivity index (χ0) is 28.0. The number of benzene rings is 2. The second-order valence-corrected chi connectivity index (χ2v) is 9.84. The quantitative estimate of drug-likeness (QED) is 0.439. The van der Waals surface area contributed by atoms with Crippen molar-refractivity contribution >= 4 is 12.0 Å². The molecule has 0 bridgehead atoms. The van der Waals surface area contributed by atoms with Gasteiger partial charge in [-0.05, 0) is 73.2 Å². The lowest BCUT2D eigenvalue weighted by molar-refractivity contribution is -0.143. The Labute approximate surface area is 213 Å². The van der Waals surface area contributed by atoms with E-state index in [1.807, 2.05) is 0 Å². The molecule has 2 aliphatic rings. The number of carbonyl (C=O) groups excluding carboxylic acids is 1. The third-order valence-electron chi connectivity index (χ3n) is 7.10. The van der Waals surface area contributed by atoms with Gasteiger partial charge in [0.25, 0.3) is 0 Å². The molecule has 1 saturated heterocycles. The Balaban J connectivity index is 1.69. The topological polar surface area (TPSA) is 60.9 Å². The Morgan fingerprint density at radius 3 is 2.08 bits per heavy atom. The van der Waals surface area contributed by atoms with Gasteiger partial charge in [-0.1, -0.05) is 6.07 Å². The first-order valence-corrected chi connectivity index (χ1v) is 12.0. The van der Waals surface area contributed by atoms with Crippen molar-refractivity contribution in [2.45, 2.75) is 57.0 Å². The van der Waals surface area contributed by atoms with Crippen molar-refractivity contribution < 1.29 is 45.4 Å². The zero-order valence-corrected chi connectivity index (χ0v) is 20.2. The average Bonchev–Trinajstić information content (AvgIpc) is 3.66. The molecule has 2 aromatic carbocycles.